The summed E-state index contributed by atoms with van der Waals surface area (Å²) in [5.74, 6) is 0.598. The molecule has 0 aliphatic rings. The van der Waals surface area contributed by atoms with Crippen molar-refractivity contribution in [1.29, 1.82) is 0 Å². The van der Waals surface area contributed by atoms with Crippen LogP contribution in [0.2, 0.25) is 0 Å². The van der Waals surface area contributed by atoms with Crippen LogP contribution in [0, 0.1) is 0 Å². The number of carbonyl (C=O) groups excluding carboxylic acids is 1. The van der Waals surface area contributed by atoms with Crippen LogP contribution in [0.15, 0.2) is 24.3 Å². The molecule has 0 aliphatic carbocycles. The van der Waals surface area contributed by atoms with Crippen LogP contribution in [0.5, 0.6) is 5.75 Å². The molecule has 0 unspecified atom stereocenters. The summed E-state index contributed by atoms with van der Waals surface area (Å²) >= 11 is 0. The van der Waals surface area contributed by atoms with Gasteiger partial charge in [0.25, 0.3) is 5.91 Å². The maximum Gasteiger partial charge on any atom is 0.257 e. The zero-order chi connectivity index (χ0) is 11.8. The SMILES string of the molecule is CCNC(=O)COc1ccc(CCN)cc1. The second kappa shape index (κ2) is 6.85. The predicted octanol–water partition coefficient (Wildman–Crippen LogP) is 0.703. The molecule has 0 radical (unpaired) electrons. The van der Waals surface area contributed by atoms with Crippen LogP contribution in [-0.4, -0.2) is 25.6 Å². The molecule has 3 N–H and O–H groups in total. The van der Waals surface area contributed by atoms with Crippen molar-refractivity contribution in [1.82, 2.24) is 5.32 Å². The van der Waals surface area contributed by atoms with Crippen LogP contribution >= 0.6 is 0 Å². The fourth-order valence-corrected chi connectivity index (χ4v) is 1.32. The average Bonchev–Trinajstić information content (AvgIpc) is 2.29. The van der Waals surface area contributed by atoms with Crippen LogP contribution in [-0.2, 0) is 11.2 Å². The van der Waals surface area contributed by atoms with Crippen LogP contribution in [0.25, 0.3) is 0 Å². The fraction of sp³-hybridized carbons (Fsp3) is 0.417. The predicted molar refractivity (Wildman–Crippen MR) is 63.4 cm³/mol. The van der Waals surface area contributed by atoms with Gasteiger partial charge in [0.05, 0.1) is 0 Å². The van der Waals surface area contributed by atoms with Gasteiger partial charge in [0, 0.05) is 6.54 Å². The summed E-state index contributed by atoms with van der Waals surface area (Å²) in [5.41, 5.74) is 6.62. The van der Waals surface area contributed by atoms with Gasteiger partial charge in [-0.3, -0.25) is 4.79 Å². The van der Waals surface area contributed by atoms with Gasteiger partial charge in [-0.25, -0.2) is 0 Å². The van der Waals surface area contributed by atoms with Crippen molar-refractivity contribution in [3.63, 3.8) is 0 Å². The fourth-order valence-electron chi connectivity index (χ4n) is 1.32. The van der Waals surface area contributed by atoms with E-state index in [9.17, 15) is 4.79 Å². The van der Waals surface area contributed by atoms with E-state index in [0.717, 1.165) is 6.42 Å². The Morgan fingerprint density at radius 2 is 2.06 bits per heavy atom. The minimum absolute atomic E-state index is 0.0596. The van der Waals surface area contributed by atoms with E-state index in [2.05, 4.69) is 5.32 Å². The molecule has 1 aromatic carbocycles. The van der Waals surface area contributed by atoms with Gasteiger partial charge in [-0.15, -0.1) is 0 Å². The second-order valence-corrected chi connectivity index (χ2v) is 3.42. The summed E-state index contributed by atoms with van der Waals surface area (Å²) in [4.78, 5) is 11.1. The van der Waals surface area contributed by atoms with Crippen molar-refractivity contribution < 1.29 is 9.53 Å². The number of amides is 1. The molecule has 0 aliphatic heterocycles. The molecule has 88 valence electrons. The number of likely N-dealkylation sites (N-methyl/N-ethyl adjacent to an activating group) is 1. The van der Waals surface area contributed by atoms with E-state index in [1.807, 2.05) is 31.2 Å². The molecule has 1 rings (SSSR count). The summed E-state index contributed by atoms with van der Waals surface area (Å²) in [6.07, 6.45) is 0.858. The van der Waals surface area contributed by atoms with Gasteiger partial charge < -0.3 is 15.8 Å². The third kappa shape index (κ3) is 4.31. The molecular formula is C12H18N2O2. The quantitative estimate of drug-likeness (QED) is 0.744. The van der Waals surface area contributed by atoms with Gasteiger partial charge in [-0.2, -0.15) is 0 Å². The van der Waals surface area contributed by atoms with E-state index in [-0.39, 0.29) is 12.5 Å². The second-order valence-electron chi connectivity index (χ2n) is 3.42. The molecule has 0 aromatic heterocycles. The highest BCUT2D eigenvalue weighted by Crippen LogP contribution is 2.12. The van der Waals surface area contributed by atoms with Crippen molar-refractivity contribution in [3.8, 4) is 5.75 Å². The number of carbonyl (C=O) groups is 1. The lowest BCUT2D eigenvalue weighted by Crippen LogP contribution is -2.28. The van der Waals surface area contributed by atoms with Crippen LogP contribution in [0.4, 0.5) is 0 Å². The zero-order valence-corrected chi connectivity index (χ0v) is 9.53. The van der Waals surface area contributed by atoms with E-state index in [1.165, 1.54) is 5.56 Å². The molecule has 1 amide bonds. The molecule has 0 bridgehead atoms. The molecule has 0 saturated carbocycles. The summed E-state index contributed by atoms with van der Waals surface area (Å²) in [5, 5.41) is 2.67. The third-order valence-electron chi connectivity index (χ3n) is 2.10. The highest BCUT2D eigenvalue weighted by molar-refractivity contribution is 5.77. The van der Waals surface area contributed by atoms with E-state index in [0.29, 0.717) is 18.8 Å². The minimum Gasteiger partial charge on any atom is -0.484 e. The monoisotopic (exact) mass is 222 g/mol. The molecule has 0 spiro atoms. The first-order valence-electron chi connectivity index (χ1n) is 5.44. The number of nitrogens with two attached hydrogens (primary N) is 1. The molecular weight excluding hydrogens is 204 g/mol. The Kier molecular flexibility index (Phi) is 5.36. The third-order valence-corrected chi connectivity index (χ3v) is 2.10. The molecule has 16 heavy (non-hydrogen) atoms. The molecule has 4 heteroatoms. The largest absolute Gasteiger partial charge is 0.484 e. The number of nitrogens with one attached hydrogen (secondary N) is 1. The first-order chi connectivity index (χ1) is 7.76. The molecule has 0 fully saturated rings. The highest BCUT2D eigenvalue weighted by atomic mass is 16.5. The normalized spacial score (nSPS) is 9.88. The van der Waals surface area contributed by atoms with Crippen LogP contribution in [0.1, 0.15) is 12.5 Å². The van der Waals surface area contributed by atoms with Crippen molar-refractivity contribution in [2.75, 3.05) is 19.7 Å². The van der Waals surface area contributed by atoms with Crippen LogP contribution in [0.3, 0.4) is 0 Å². The standard InChI is InChI=1S/C12H18N2O2/c1-2-14-12(15)9-16-11-5-3-10(4-6-11)7-8-13/h3-6H,2,7-9,13H2,1H3,(H,14,15). The lowest BCUT2D eigenvalue weighted by Gasteiger charge is -2.06. The van der Waals surface area contributed by atoms with Gasteiger partial charge in [-0.1, -0.05) is 12.1 Å². The van der Waals surface area contributed by atoms with Crippen molar-refractivity contribution in [3.05, 3.63) is 29.8 Å². The number of hydrogen-bond acceptors (Lipinski definition) is 3. The van der Waals surface area contributed by atoms with Crippen molar-refractivity contribution in [2.24, 2.45) is 5.73 Å². The van der Waals surface area contributed by atoms with E-state index < -0.39 is 0 Å². The average molecular weight is 222 g/mol. The molecule has 0 saturated heterocycles. The van der Waals surface area contributed by atoms with E-state index in [1.54, 1.807) is 0 Å². The van der Waals surface area contributed by atoms with Gasteiger partial charge in [0.1, 0.15) is 5.75 Å². The molecule has 1 aromatic rings. The zero-order valence-electron chi connectivity index (χ0n) is 9.53. The number of ether oxygens (including phenoxy) is 1. The van der Waals surface area contributed by atoms with Gasteiger partial charge in [-0.05, 0) is 37.6 Å². The lowest BCUT2D eigenvalue weighted by atomic mass is 10.1. The van der Waals surface area contributed by atoms with Crippen molar-refractivity contribution >= 4 is 5.91 Å². The lowest BCUT2D eigenvalue weighted by molar-refractivity contribution is -0.122. The first kappa shape index (κ1) is 12.5. The van der Waals surface area contributed by atoms with Gasteiger partial charge in [0.15, 0.2) is 6.61 Å². The minimum atomic E-state index is -0.103. The Hall–Kier alpha value is -1.55. The first-order valence-corrected chi connectivity index (χ1v) is 5.44. The van der Waals surface area contributed by atoms with Crippen LogP contribution < -0.4 is 15.8 Å². The Balaban J connectivity index is 2.40. The maximum absolute atomic E-state index is 11.1. The molecule has 0 heterocycles. The summed E-state index contributed by atoms with van der Waals surface area (Å²) < 4.78 is 5.31. The Morgan fingerprint density at radius 1 is 1.38 bits per heavy atom. The molecule has 4 nitrogen and oxygen atoms in total. The Morgan fingerprint density at radius 3 is 2.62 bits per heavy atom. The Labute approximate surface area is 95.8 Å². The maximum atomic E-state index is 11.1. The molecule has 0 atom stereocenters. The smallest absolute Gasteiger partial charge is 0.257 e. The summed E-state index contributed by atoms with van der Waals surface area (Å²) in [7, 11) is 0. The topological polar surface area (TPSA) is 64.3 Å². The highest BCUT2D eigenvalue weighted by Gasteiger charge is 2.00. The van der Waals surface area contributed by atoms with Gasteiger partial charge in [0.2, 0.25) is 0 Å². The number of hydrogen-bond donors (Lipinski definition) is 2. The Bertz CT molecular complexity index is 322. The van der Waals surface area contributed by atoms with Crippen molar-refractivity contribution in [2.45, 2.75) is 13.3 Å². The summed E-state index contributed by atoms with van der Waals surface area (Å²) in [6, 6.07) is 7.62. The number of rotatable bonds is 6. The van der Waals surface area contributed by atoms with Gasteiger partial charge >= 0.3 is 0 Å². The summed E-state index contributed by atoms with van der Waals surface area (Å²) in [6.45, 7) is 3.19. The number of benzene rings is 1. The van der Waals surface area contributed by atoms with E-state index >= 15 is 0 Å². The van der Waals surface area contributed by atoms with E-state index in [4.69, 9.17) is 10.5 Å².